The molecular formula is C22H27F2N7. The Morgan fingerprint density at radius 1 is 1.19 bits per heavy atom. The van der Waals surface area contributed by atoms with E-state index in [1.165, 1.54) is 6.20 Å². The van der Waals surface area contributed by atoms with Crippen molar-refractivity contribution in [2.75, 3.05) is 18.0 Å². The molecule has 0 unspecified atom stereocenters. The van der Waals surface area contributed by atoms with Crippen molar-refractivity contribution in [3.8, 4) is 0 Å². The van der Waals surface area contributed by atoms with Gasteiger partial charge in [0.05, 0.1) is 5.69 Å². The Labute approximate surface area is 180 Å². The van der Waals surface area contributed by atoms with E-state index < -0.39 is 11.7 Å². The molecule has 1 aliphatic heterocycles. The molecule has 1 aliphatic carbocycles. The van der Waals surface area contributed by atoms with E-state index in [1.54, 1.807) is 6.08 Å². The Balaban J connectivity index is 1.80. The summed E-state index contributed by atoms with van der Waals surface area (Å²) in [6, 6.07) is 0.0648. The predicted molar refractivity (Wildman–Crippen MR) is 121 cm³/mol. The van der Waals surface area contributed by atoms with Gasteiger partial charge in [-0.1, -0.05) is 6.58 Å². The minimum Gasteiger partial charge on any atom is -0.404 e. The molecule has 1 saturated heterocycles. The van der Waals surface area contributed by atoms with Gasteiger partial charge in [0.1, 0.15) is 23.0 Å². The molecule has 1 aromatic heterocycles. The molecule has 31 heavy (non-hydrogen) atoms. The number of nitrogens with zero attached hydrogens (tertiary/aromatic N) is 3. The van der Waals surface area contributed by atoms with Crippen LogP contribution in [-0.2, 0) is 0 Å². The summed E-state index contributed by atoms with van der Waals surface area (Å²) in [5, 5.41) is 18.5. The van der Waals surface area contributed by atoms with Crippen molar-refractivity contribution in [1.82, 2.24) is 15.3 Å². The van der Waals surface area contributed by atoms with Gasteiger partial charge in [0.2, 0.25) is 0 Å². The van der Waals surface area contributed by atoms with Crippen LogP contribution in [0.4, 0.5) is 14.6 Å². The monoisotopic (exact) mass is 427 g/mol. The minimum atomic E-state index is -0.521. The molecule has 0 aromatic carbocycles. The average molecular weight is 428 g/mol. The molecule has 164 valence electrons. The standard InChI is InChI=1S/C22H27F2N7/c1-2-18-20(13-27)29-21(14(11-25)12-26)22(30-18)31-8-6-16(7-9-31)28-19-5-3-4-15(23)10-17(19)24/h2,10-13,16,25,27-28H,1,3-9,26H2/b14-12+,25-11?,27-13?. The number of anilines is 1. The maximum atomic E-state index is 14.2. The van der Waals surface area contributed by atoms with Crippen molar-refractivity contribution in [2.45, 2.75) is 38.1 Å². The van der Waals surface area contributed by atoms with E-state index in [0.717, 1.165) is 31.3 Å². The number of rotatable bonds is 7. The molecule has 0 radical (unpaired) electrons. The highest BCUT2D eigenvalue weighted by Gasteiger charge is 2.26. The van der Waals surface area contributed by atoms with Gasteiger partial charge in [-0.05, 0) is 38.2 Å². The van der Waals surface area contributed by atoms with E-state index in [0.29, 0.717) is 60.1 Å². The molecule has 2 heterocycles. The minimum absolute atomic E-state index is 0.0648. The molecule has 0 amide bonds. The second kappa shape index (κ2) is 10.1. The average Bonchev–Trinajstić information content (AvgIpc) is 2.94. The molecule has 2 aliphatic rings. The second-order valence-corrected chi connectivity index (χ2v) is 7.46. The van der Waals surface area contributed by atoms with E-state index >= 15 is 0 Å². The van der Waals surface area contributed by atoms with Crippen molar-refractivity contribution in [3.05, 3.63) is 53.3 Å². The van der Waals surface area contributed by atoms with Gasteiger partial charge in [0.15, 0.2) is 5.82 Å². The van der Waals surface area contributed by atoms with E-state index in [1.807, 2.05) is 4.90 Å². The summed E-state index contributed by atoms with van der Waals surface area (Å²) in [6.07, 6.45) is 8.81. The van der Waals surface area contributed by atoms with E-state index in [9.17, 15) is 8.78 Å². The zero-order chi connectivity index (χ0) is 22.4. The quantitative estimate of drug-likeness (QED) is 0.494. The van der Waals surface area contributed by atoms with Gasteiger partial charge in [0.25, 0.3) is 0 Å². The summed E-state index contributed by atoms with van der Waals surface area (Å²) in [6.45, 7) is 5.01. The number of piperidine rings is 1. The highest BCUT2D eigenvalue weighted by molar-refractivity contribution is 6.09. The Hall–Kier alpha value is -3.36. The molecule has 7 nitrogen and oxygen atoms in total. The van der Waals surface area contributed by atoms with Crippen LogP contribution < -0.4 is 16.0 Å². The lowest BCUT2D eigenvalue weighted by Crippen LogP contribution is -2.43. The summed E-state index contributed by atoms with van der Waals surface area (Å²) in [4.78, 5) is 11.2. The lowest BCUT2D eigenvalue weighted by molar-refractivity contribution is 0.429. The third-order valence-corrected chi connectivity index (χ3v) is 5.46. The first-order chi connectivity index (χ1) is 15.0. The van der Waals surface area contributed by atoms with Crippen LogP contribution in [0.3, 0.4) is 0 Å². The fraction of sp³-hybridized carbons (Fsp3) is 0.364. The zero-order valence-corrected chi connectivity index (χ0v) is 17.3. The number of hydrogen-bond acceptors (Lipinski definition) is 7. The first kappa shape index (κ1) is 22.3. The van der Waals surface area contributed by atoms with Gasteiger partial charge in [-0.2, -0.15) is 0 Å². The van der Waals surface area contributed by atoms with Crippen LogP contribution >= 0.6 is 0 Å². The van der Waals surface area contributed by atoms with Crippen LogP contribution in [-0.4, -0.2) is 41.5 Å². The van der Waals surface area contributed by atoms with E-state index in [2.05, 4.69) is 21.9 Å². The maximum Gasteiger partial charge on any atom is 0.156 e. The lowest BCUT2D eigenvalue weighted by Gasteiger charge is -2.35. The Morgan fingerprint density at radius 3 is 2.55 bits per heavy atom. The zero-order valence-electron chi connectivity index (χ0n) is 17.3. The molecule has 0 spiro atoms. The SMILES string of the molecule is C=Cc1nc(N2CCC(NC3=C(F)C=C(F)CCC3)CC2)c(/C(C=N)=C/N)nc1C=N. The highest BCUT2D eigenvalue weighted by atomic mass is 19.1. The molecule has 0 bridgehead atoms. The maximum absolute atomic E-state index is 14.2. The van der Waals surface area contributed by atoms with Crippen LogP contribution in [0.25, 0.3) is 11.6 Å². The van der Waals surface area contributed by atoms with Crippen LogP contribution in [0.1, 0.15) is 49.2 Å². The summed E-state index contributed by atoms with van der Waals surface area (Å²) in [7, 11) is 0. The Morgan fingerprint density at radius 2 is 1.94 bits per heavy atom. The van der Waals surface area contributed by atoms with Gasteiger partial charge in [-0.3, -0.25) is 0 Å². The molecule has 9 heteroatoms. The normalized spacial score (nSPS) is 18.3. The molecule has 1 aromatic rings. The number of aromatic nitrogens is 2. The summed E-state index contributed by atoms with van der Waals surface area (Å²) in [5.41, 5.74) is 7.82. The number of halogens is 2. The molecule has 5 N–H and O–H groups in total. The van der Waals surface area contributed by atoms with Gasteiger partial charge in [-0.25, -0.2) is 18.7 Å². The predicted octanol–water partition coefficient (Wildman–Crippen LogP) is 3.84. The van der Waals surface area contributed by atoms with Crippen molar-refractivity contribution in [3.63, 3.8) is 0 Å². The first-order valence-corrected chi connectivity index (χ1v) is 10.2. The van der Waals surface area contributed by atoms with Crippen LogP contribution in [0, 0.1) is 10.8 Å². The van der Waals surface area contributed by atoms with Crippen LogP contribution in [0.2, 0.25) is 0 Å². The van der Waals surface area contributed by atoms with Crippen molar-refractivity contribution in [2.24, 2.45) is 5.73 Å². The summed E-state index contributed by atoms with van der Waals surface area (Å²) < 4.78 is 27.7. The molecule has 1 fully saturated rings. The molecular weight excluding hydrogens is 400 g/mol. The highest BCUT2D eigenvalue weighted by Crippen LogP contribution is 2.28. The van der Waals surface area contributed by atoms with Gasteiger partial charge >= 0.3 is 0 Å². The third kappa shape index (κ3) is 5.04. The lowest BCUT2D eigenvalue weighted by atomic mass is 10.0. The summed E-state index contributed by atoms with van der Waals surface area (Å²) in [5.74, 6) is -0.368. The topological polar surface area (TPSA) is 115 Å². The number of hydrogen-bond donors (Lipinski definition) is 4. The van der Waals surface area contributed by atoms with Crippen molar-refractivity contribution < 1.29 is 8.78 Å². The number of nitrogens with one attached hydrogen (secondary N) is 3. The molecule has 3 rings (SSSR count). The van der Waals surface area contributed by atoms with Gasteiger partial charge in [0, 0.05) is 55.1 Å². The van der Waals surface area contributed by atoms with Crippen molar-refractivity contribution >= 4 is 29.9 Å². The molecule has 0 saturated carbocycles. The van der Waals surface area contributed by atoms with Crippen LogP contribution in [0.15, 0.2) is 36.2 Å². The third-order valence-electron chi connectivity index (χ3n) is 5.46. The van der Waals surface area contributed by atoms with Crippen molar-refractivity contribution in [1.29, 1.82) is 10.8 Å². The van der Waals surface area contributed by atoms with Gasteiger partial charge in [-0.15, -0.1) is 0 Å². The fourth-order valence-electron chi connectivity index (χ4n) is 3.79. The van der Waals surface area contributed by atoms with Gasteiger partial charge < -0.3 is 26.8 Å². The molecule has 0 atom stereocenters. The summed E-state index contributed by atoms with van der Waals surface area (Å²) >= 11 is 0. The van der Waals surface area contributed by atoms with E-state index in [-0.39, 0.29) is 12.5 Å². The second-order valence-electron chi connectivity index (χ2n) is 7.46. The van der Waals surface area contributed by atoms with Crippen LogP contribution in [0.5, 0.6) is 0 Å². The Kier molecular flexibility index (Phi) is 7.28. The largest absolute Gasteiger partial charge is 0.404 e. The van der Waals surface area contributed by atoms with E-state index in [4.69, 9.17) is 16.6 Å². The first-order valence-electron chi connectivity index (χ1n) is 10.2. The fourth-order valence-corrected chi connectivity index (χ4v) is 3.79. The number of allylic oxidation sites excluding steroid dienone is 5. The number of nitrogens with two attached hydrogens (primary N) is 1. The Bertz CT molecular complexity index is 957. The smallest absolute Gasteiger partial charge is 0.156 e.